The zero-order valence-corrected chi connectivity index (χ0v) is 9.63. The van der Waals surface area contributed by atoms with Crippen molar-refractivity contribution in [3.8, 4) is 0 Å². The van der Waals surface area contributed by atoms with Crippen LogP contribution in [0.25, 0.3) is 0 Å². The Balaban J connectivity index is 2.96. The molecule has 0 aliphatic rings. The van der Waals surface area contributed by atoms with Crippen molar-refractivity contribution < 1.29 is 9.47 Å². The molecule has 0 heterocycles. The number of hydrogen-bond acceptors (Lipinski definition) is 2. The maximum Gasteiger partial charge on any atom is 0.0500 e. The van der Waals surface area contributed by atoms with Gasteiger partial charge in [-0.1, -0.05) is 26.0 Å². The average Bonchev–Trinajstić information content (AvgIpc) is 2.21. The molecule has 0 aromatic carbocycles. The molecule has 0 N–H and O–H groups in total. The van der Waals surface area contributed by atoms with Crippen LogP contribution in [0.1, 0.15) is 39.5 Å². The first-order chi connectivity index (χ1) is 6.91. The van der Waals surface area contributed by atoms with Crippen molar-refractivity contribution in [3.63, 3.8) is 0 Å². The van der Waals surface area contributed by atoms with Crippen molar-refractivity contribution in [1.82, 2.24) is 0 Å². The lowest BCUT2D eigenvalue weighted by Crippen LogP contribution is -1.95. The molecule has 0 amide bonds. The monoisotopic (exact) mass is 200 g/mol. The lowest BCUT2D eigenvalue weighted by atomic mass is 10.3. The Morgan fingerprint density at radius 2 is 1.14 bits per heavy atom. The van der Waals surface area contributed by atoms with Crippen LogP contribution in [0.2, 0.25) is 0 Å². The summed E-state index contributed by atoms with van der Waals surface area (Å²) in [6.45, 7) is 7.71. The van der Waals surface area contributed by atoms with Crippen LogP contribution in [0.5, 0.6) is 0 Å². The highest BCUT2D eigenvalue weighted by atomic mass is 16.5. The molecule has 14 heavy (non-hydrogen) atoms. The second-order valence-corrected chi connectivity index (χ2v) is 3.27. The molecule has 0 fully saturated rings. The molecule has 0 spiro atoms. The minimum Gasteiger partial charge on any atom is -0.381 e. The summed E-state index contributed by atoms with van der Waals surface area (Å²) < 4.78 is 10.7. The minimum absolute atomic E-state index is 0.847. The fraction of sp³-hybridized carbons (Fsp3) is 0.833. The van der Waals surface area contributed by atoms with E-state index in [1.54, 1.807) is 0 Å². The van der Waals surface area contributed by atoms with E-state index in [0.29, 0.717) is 0 Å². The summed E-state index contributed by atoms with van der Waals surface area (Å²) in [4.78, 5) is 0. The lowest BCUT2D eigenvalue weighted by molar-refractivity contribution is 0.137. The van der Waals surface area contributed by atoms with Gasteiger partial charge in [-0.15, -0.1) is 0 Å². The van der Waals surface area contributed by atoms with Crippen molar-refractivity contribution in [2.45, 2.75) is 39.5 Å². The summed E-state index contributed by atoms with van der Waals surface area (Å²) in [5, 5.41) is 0. The quantitative estimate of drug-likeness (QED) is 0.398. The first kappa shape index (κ1) is 13.7. The van der Waals surface area contributed by atoms with Crippen LogP contribution >= 0.6 is 0 Å². The van der Waals surface area contributed by atoms with E-state index in [2.05, 4.69) is 26.0 Å². The summed E-state index contributed by atoms with van der Waals surface area (Å²) in [5.41, 5.74) is 0. The molecule has 2 nitrogen and oxygen atoms in total. The Bertz CT molecular complexity index is 107. The second kappa shape index (κ2) is 12.7. The number of rotatable bonds is 10. The highest BCUT2D eigenvalue weighted by molar-refractivity contribution is 4.81. The predicted molar refractivity (Wildman–Crippen MR) is 60.6 cm³/mol. The minimum atomic E-state index is 0.847. The zero-order valence-electron chi connectivity index (χ0n) is 9.63. The molecule has 0 atom stereocenters. The normalized spacial score (nSPS) is 11.3. The van der Waals surface area contributed by atoms with Gasteiger partial charge >= 0.3 is 0 Å². The van der Waals surface area contributed by atoms with Crippen LogP contribution in [0, 0.1) is 0 Å². The van der Waals surface area contributed by atoms with Crippen LogP contribution in [0.4, 0.5) is 0 Å². The van der Waals surface area contributed by atoms with Crippen LogP contribution in [-0.2, 0) is 9.47 Å². The number of hydrogen-bond donors (Lipinski definition) is 0. The molecule has 0 aliphatic carbocycles. The van der Waals surface area contributed by atoms with Crippen molar-refractivity contribution in [2.75, 3.05) is 26.4 Å². The van der Waals surface area contributed by atoms with Crippen LogP contribution in [0.15, 0.2) is 12.2 Å². The Hall–Kier alpha value is -0.340. The molecule has 0 bridgehead atoms. The van der Waals surface area contributed by atoms with Crippen molar-refractivity contribution in [1.29, 1.82) is 0 Å². The first-order valence-electron chi connectivity index (χ1n) is 5.72. The van der Waals surface area contributed by atoms with Crippen molar-refractivity contribution in [3.05, 3.63) is 12.2 Å². The predicted octanol–water partition coefficient (Wildman–Crippen LogP) is 3.18. The van der Waals surface area contributed by atoms with Crippen LogP contribution < -0.4 is 0 Å². The van der Waals surface area contributed by atoms with E-state index in [-0.39, 0.29) is 0 Å². The zero-order chi connectivity index (χ0) is 10.5. The summed E-state index contributed by atoms with van der Waals surface area (Å²) in [5.74, 6) is 0. The molecule has 0 aromatic heterocycles. The van der Waals surface area contributed by atoms with Crippen LogP contribution in [0.3, 0.4) is 0 Å². The Labute approximate surface area is 88.3 Å². The second-order valence-electron chi connectivity index (χ2n) is 3.27. The maximum atomic E-state index is 5.35. The molecule has 0 aromatic rings. The van der Waals surface area contributed by atoms with E-state index in [0.717, 1.165) is 52.1 Å². The Kier molecular flexibility index (Phi) is 12.4. The third-order valence-corrected chi connectivity index (χ3v) is 1.72. The van der Waals surface area contributed by atoms with E-state index in [1.165, 1.54) is 0 Å². The molecule has 0 rings (SSSR count). The molecule has 84 valence electrons. The van der Waals surface area contributed by atoms with Gasteiger partial charge in [0.05, 0.1) is 13.2 Å². The fourth-order valence-electron chi connectivity index (χ4n) is 1.03. The average molecular weight is 200 g/mol. The van der Waals surface area contributed by atoms with Crippen molar-refractivity contribution >= 4 is 0 Å². The highest BCUT2D eigenvalue weighted by Crippen LogP contribution is 1.91. The van der Waals surface area contributed by atoms with Gasteiger partial charge in [-0.2, -0.15) is 0 Å². The SMILES string of the molecule is CCCOCC/C=C/CCOCCC. The van der Waals surface area contributed by atoms with Crippen molar-refractivity contribution in [2.24, 2.45) is 0 Å². The lowest BCUT2D eigenvalue weighted by Gasteiger charge is -1.99. The van der Waals surface area contributed by atoms with E-state index >= 15 is 0 Å². The van der Waals surface area contributed by atoms with Crippen LogP contribution in [-0.4, -0.2) is 26.4 Å². The molecule has 0 saturated heterocycles. The molecule has 0 saturated carbocycles. The molecular weight excluding hydrogens is 176 g/mol. The van der Waals surface area contributed by atoms with Gasteiger partial charge in [-0.3, -0.25) is 0 Å². The fourth-order valence-corrected chi connectivity index (χ4v) is 1.03. The summed E-state index contributed by atoms with van der Waals surface area (Å²) in [6.07, 6.45) is 8.60. The Morgan fingerprint density at radius 1 is 0.714 bits per heavy atom. The van der Waals surface area contributed by atoms with Gasteiger partial charge in [-0.25, -0.2) is 0 Å². The third kappa shape index (κ3) is 11.7. The topological polar surface area (TPSA) is 18.5 Å². The molecule has 0 aliphatic heterocycles. The summed E-state index contributed by atoms with van der Waals surface area (Å²) in [7, 11) is 0. The molecule has 2 heteroatoms. The van der Waals surface area contributed by atoms with Gasteiger partial charge < -0.3 is 9.47 Å². The molecule has 0 unspecified atom stereocenters. The van der Waals surface area contributed by atoms with Gasteiger partial charge in [-0.05, 0) is 25.7 Å². The molecule has 0 radical (unpaired) electrons. The van der Waals surface area contributed by atoms with Gasteiger partial charge in [0.1, 0.15) is 0 Å². The van der Waals surface area contributed by atoms with Gasteiger partial charge in [0.15, 0.2) is 0 Å². The number of ether oxygens (including phenoxy) is 2. The summed E-state index contributed by atoms with van der Waals surface area (Å²) in [6, 6.07) is 0. The summed E-state index contributed by atoms with van der Waals surface area (Å²) >= 11 is 0. The highest BCUT2D eigenvalue weighted by Gasteiger charge is 1.84. The van der Waals surface area contributed by atoms with Gasteiger partial charge in [0, 0.05) is 13.2 Å². The van der Waals surface area contributed by atoms with Gasteiger partial charge in [0.2, 0.25) is 0 Å². The standard InChI is InChI=1S/C12H24O2/c1-3-9-13-11-7-5-6-8-12-14-10-4-2/h5-6H,3-4,7-12H2,1-2H3/b6-5+. The largest absolute Gasteiger partial charge is 0.381 e. The van der Waals surface area contributed by atoms with E-state index in [1.807, 2.05) is 0 Å². The first-order valence-corrected chi connectivity index (χ1v) is 5.72. The van der Waals surface area contributed by atoms with E-state index < -0.39 is 0 Å². The third-order valence-electron chi connectivity index (χ3n) is 1.72. The molecular formula is C12H24O2. The smallest absolute Gasteiger partial charge is 0.0500 e. The van der Waals surface area contributed by atoms with Gasteiger partial charge in [0.25, 0.3) is 0 Å². The maximum absolute atomic E-state index is 5.35. The van der Waals surface area contributed by atoms with E-state index in [4.69, 9.17) is 9.47 Å². The van der Waals surface area contributed by atoms with E-state index in [9.17, 15) is 0 Å². The Morgan fingerprint density at radius 3 is 1.50 bits per heavy atom.